The Hall–Kier alpha value is -1.55. The summed E-state index contributed by atoms with van der Waals surface area (Å²) in [6.07, 6.45) is 9.60. The van der Waals surface area contributed by atoms with E-state index >= 15 is 0 Å². The predicted octanol–water partition coefficient (Wildman–Crippen LogP) is 3.13. The molecule has 1 aliphatic carbocycles. The lowest BCUT2D eigenvalue weighted by Gasteiger charge is -2.21. The molecular weight excluding hydrogens is 250 g/mol. The first kappa shape index (κ1) is 13.4. The van der Waals surface area contributed by atoms with E-state index in [2.05, 4.69) is 21.8 Å². The van der Waals surface area contributed by atoms with Crippen LogP contribution >= 0.6 is 0 Å². The van der Waals surface area contributed by atoms with Gasteiger partial charge >= 0.3 is 0 Å². The van der Waals surface area contributed by atoms with Gasteiger partial charge in [0.05, 0.1) is 6.26 Å². The SMILES string of the molecule is CC1CCCC1CNC(c1ccco1)c1nccn1C. The van der Waals surface area contributed by atoms with Gasteiger partial charge in [0.1, 0.15) is 17.6 Å². The highest BCUT2D eigenvalue weighted by molar-refractivity contribution is 5.15. The molecule has 1 aliphatic rings. The molecule has 3 atom stereocenters. The zero-order valence-corrected chi connectivity index (χ0v) is 12.2. The highest BCUT2D eigenvalue weighted by Crippen LogP contribution is 2.31. The van der Waals surface area contributed by atoms with Crippen molar-refractivity contribution in [1.82, 2.24) is 14.9 Å². The average Bonchev–Trinajstić information content (AvgIpc) is 3.15. The minimum Gasteiger partial charge on any atom is -0.467 e. The van der Waals surface area contributed by atoms with Gasteiger partial charge in [-0.3, -0.25) is 0 Å². The molecule has 0 radical (unpaired) electrons. The molecule has 0 spiro atoms. The largest absolute Gasteiger partial charge is 0.467 e. The fourth-order valence-electron chi connectivity index (χ4n) is 3.22. The van der Waals surface area contributed by atoms with Crippen LogP contribution in [0.1, 0.15) is 43.8 Å². The molecule has 0 bridgehead atoms. The summed E-state index contributed by atoms with van der Waals surface area (Å²) in [5.41, 5.74) is 0. The van der Waals surface area contributed by atoms with Crippen molar-refractivity contribution >= 4 is 0 Å². The van der Waals surface area contributed by atoms with E-state index in [0.717, 1.165) is 30.0 Å². The summed E-state index contributed by atoms with van der Waals surface area (Å²) in [5.74, 6) is 3.53. The van der Waals surface area contributed by atoms with Crippen molar-refractivity contribution in [3.63, 3.8) is 0 Å². The van der Waals surface area contributed by atoms with Crippen LogP contribution in [0.15, 0.2) is 35.2 Å². The van der Waals surface area contributed by atoms with E-state index in [4.69, 9.17) is 4.42 Å². The summed E-state index contributed by atoms with van der Waals surface area (Å²) in [7, 11) is 2.03. The van der Waals surface area contributed by atoms with Crippen molar-refractivity contribution < 1.29 is 4.42 Å². The van der Waals surface area contributed by atoms with E-state index in [9.17, 15) is 0 Å². The second kappa shape index (κ2) is 5.83. The molecule has 2 aromatic heterocycles. The number of nitrogens with zero attached hydrogens (tertiary/aromatic N) is 2. The molecule has 4 nitrogen and oxygen atoms in total. The van der Waals surface area contributed by atoms with Gasteiger partial charge in [0, 0.05) is 19.4 Å². The van der Waals surface area contributed by atoms with Crippen molar-refractivity contribution in [3.8, 4) is 0 Å². The maximum absolute atomic E-state index is 5.60. The van der Waals surface area contributed by atoms with Crippen LogP contribution in [0.4, 0.5) is 0 Å². The molecule has 4 heteroatoms. The van der Waals surface area contributed by atoms with Gasteiger partial charge in [0.25, 0.3) is 0 Å². The number of hydrogen-bond donors (Lipinski definition) is 1. The molecule has 108 valence electrons. The third-order valence-electron chi connectivity index (χ3n) is 4.57. The van der Waals surface area contributed by atoms with Crippen molar-refractivity contribution in [1.29, 1.82) is 0 Å². The Morgan fingerprint density at radius 1 is 1.50 bits per heavy atom. The van der Waals surface area contributed by atoms with Gasteiger partial charge in [0.2, 0.25) is 0 Å². The molecule has 0 aliphatic heterocycles. The quantitative estimate of drug-likeness (QED) is 0.910. The number of aromatic nitrogens is 2. The Morgan fingerprint density at radius 3 is 3.00 bits per heavy atom. The van der Waals surface area contributed by atoms with Gasteiger partial charge in [-0.1, -0.05) is 19.8 Å². The maximum atomic E-state index is 5.60. The second-order valence-corrected chi connectivity index (χ2v) is 5.92. The van der Waals surface area contributed by atoms with Crippen LogP contribution in [0, 0.1) is 11.8 Å². The average molecular weight is 273 g/mol. The monoisotopic (exact) mass is 273 g/mol. The van der Waals surface area contributed by atoms with Crippen LogP contribution in [0.3, 0.4) is 0 Å². The lowest BCUT2D eigenvalue weighted by molar-refractivity contribution is 0.354. The first-order valence-electron chi connectivity index (χ1n) is 7.49. The molecular formula is C16H23N3O. The van der Waals surface area contributed by atoms with Crippen LogP contribution in [-0.2, 0) is 7.05 Å². The molecule has 1 fully saturated rings. The van der Waals surface area contributed by atoms with Crippen LogP contribution < -0.4 is 5.32 Å². The van der Waals surface area contributed by atoms with Crippen molar-refractivity contribution in [3.05, 3.63) is 42.4 Å². The van der Waals surface area contributed by atoms with Crippen molar-refractivity contribution in [2.75, 3.05) is 6.54 Å². The Kier molecular flexibility index (Phi) is 3.92. The zero-order valence-electron chi connectivity index (χ0n) is 12.2. The Labute approximate surface area is 120 Å². The molecule has 0 aromatic carbocycles. The molecule has 3 unspecified atom stereocenters. The van der Waals surface area contributed by atoms with Gasteiger partial charge in [-0.05, 0) is 36.9 Å². The predicted molar refractivity (Wildman–Crippen MR) is 78.3 cm³/mol. The molecule has 2 heterocycles. The Balaban J connectivity index is 1.75. The van der Waals surface area contributed by atoms with Crippen molar-refractivity contribution in [2.45, 2.75) is 32.2 Å². The zero-order chi connectivity index (χ0) is 13.9. The van der Waals surface area contributed by atoms with Gasteiger partial charge < -0.3 is 14.3 Å². The number of aryl methyl sites for hydroxylation is 1. The molecule has 1 N–H and O–H groups in total. The summed E-state index contributed by atoms with van der Waals surface area (Å²) in [5, 5.41) is 3.66. The molecule has 1 saturated carbocycles. The van der Waals surface area contributed by atoms with Crippen LogP contribution in [0.5, 0.6) is 0 Å². The number of hydrogen-bond acceptors (Lipinski definition) is 3. The minimum atomic E-state index is 0.0396. The van der Waals surface area contributed by atoms with Gasteiger partial charge in [-0.2, -0.15) is 0 Å². The van der Waals surface area contributed by atoms with Crippen LogP contribution in [0.2, 0.25) is 0 Å². The summed E-state index contributed by atoms with van der Waals surface area (Å²) >= 11 is 0. The summed E-state index contributed by atoms with van der Waals surface area (Å²) in [6, 6.07) is 3.99. The standard InChI is InChI=1S/C16H23N3O/c1-12-5-3-6-13(12)11-18-15(14-7-4-10-20-14)16-17-8-9-19(16)2/h4,7-10,12-13,15,18H,3,5-6,11H2,1-2H3. The minimum absolute atomic E-state index is 0.0396. The molecule has 0 amide bonds. The summed E-state index contributed by atoms with van der Waals surface area (Å²) < 4.78 is 7.65. The molecule has 20 heavy (non-hydrogen) atoms. The van der Waals surface area contributed by atoms with E-state index < -0.39 is 0 Å². The third kappa shape index (κ3) is 2.66. The highest BCUT2D eigenvalue weighted by Gasteiger charge is 2.26. The van der Waals surface area contributed by atoms with Crippen LogP contribution in [0.25, 0.3) is 0 Å². The van der Waals surface area contributed by atoms with Gasteiger partial charge in [-0.25, -0.2) is 4.98 Å². The first-order chi connectivity index (χ1) is 9.75. The van der Waals surface area contributed by atoms with Crippen molar-refractivity contribution in [2.24, 2.45) is 18.9 Å². The van der Waals surface area contributed by atoms with E-state index in [0.29, 0.717) is 0 Å². The lowest BCUT2D eigenvalue weighted by atomic mass is 9.98. The third-order valence-corrected chi connectivity index (χ3v) is 4.57. The van der Waals surface area contributed by atoms with E-state index in [1.54, 1.807) is 6.26 Å². The summed E-state index contributed by atoms with van der Waals surface area (Å²) in [6.45, 7) is 3.39. The normalized spacial score (nSPS) is 24.1. The van der Waals surface area contributed by atoms with Crippen LogP contribution in [-0.4, -0.2) is 16.1 Å². The lowest BCUT2D eigenvalue weighted by Crippen LogP contribution is -2.30. The van der Waals surface area contributed by atoms with E-state index in [-0.39, 0.29) is 6.04 Å². The molecule has 2 aromatic rings. The fourth-order valence-corrected chi connectivity index (χ4v) is 3.22. The topological polar surface area (TPSA) is 43.0 Å². The first-order valence-corrected chi connectivity index (χ1v) is 7.49. The maximum Gasteiger partial charge on any atom is 0.133 e. The smallest absolute Gasteiger partial charge is 0.133 e. The Bertz CT molecular complexity index is 532. The number of rotatable bonds is 5. The van der Waals surface area contributed by atoms with E-state index in [1.165, 1.54) is 19.3 Å². The number of nitrogens with one attached hydrogen (secondary N) is 1. The van der Waals surface area contributed by atoms with Gasteiger partial charge in [0.15, 0.2) is 0 Å². The number of imidazole rings is 1. The number of furan rings is 1. The summed E-state index contributed by atoms with van der Waals surface area (Å²) in [4.78, 5) is 4.48. The fraction of sp³-hybridized carbons (Fsp3) is 0.562. The Morgan fingerprint density at radius 2 is 2.40 bits per heavy atom. The van der Waals surface area contributed by atoms with Gasteiger partial charge in [-0.15, -0.1) is 0 Å². The molecule has 3 rings (SSSR count). The van der Waals surface area contributed by atoms with E-state index in [1.807, 2.05) is 31.6 Å². The molecule has 0 saturated heterocycles. The highest BCUT2D eigenvalue weighted by atomic mass is 16.3. The second-order valence-electron chi connectivity index (χ2n) is 5.92.